The van der Waals surface area contributed by atoms with E-state index in [0.29, 0.717) is 27.9 Å². The molecule has 0 saturated carbocycles. The summed E-state index contributed by atoms with van der Waals surface area (Å²) in [6.07, 6.45) is 0. The molecule has 28 heavy (non-hydrogen) atoms. The monoisotopic (exact) mass is 377 g/mol. The number of nitrogens with two attached hydrogens (primary N) is 1. The van der Waals surface area contributed by atoms with Crippen molar-refractivity contribution in [3.8, 4) is 11.4 Å². The summed E-state index contributed by atoms with van der Waals surface area (Å²) >= 11 is 0. The Bertz CT molecular complexity index is 1220. The summed E-state index contributed by atoms with van der Waals surface area (Å²) in [6.45, 7) is 1.78. The number of nitrogens with zero attached hydrogens (tertiary/aromatic N) is 3. The number of hydrogen-bond donors (Lipinski definition) is 4. The number of aliphatic hydroxyl groups is 1. The van der Waals surface area contributed by atoms with Crippen LogP contribution < -0.4 is 11.1 Å². The maximum Gasteiger partial charge on any atom is 0.257 e. The lowest BCUT2D eigenvalue weighted by Gasteiger charge is -2.11. The number of phenolic OH excluding ortho intramolecular Hbond substituents is 1. The van der Waals surface area contributed by atoms with Crippen molar-refractivity contribution < 1.29 is 15.0 Å². The molecule has 4 aromatic rings. The van der Waals surface area contributed by atoms with Crippen molar-refractivity contribution >= 4 is 33.9 Å². The van der Waals surface area contributed by atoms with E-state index in [9.17, 15) is 9.90 Å². The predicted molar refractivity (Wildman–Crippen MR) is 107 cm³/mol. The van der Waals surface area contributed by atoms with Crippen molar-refractivity contribution in [1.82, 2.24) is 19.9 Å². The fraction of sp³-hybridized carbons (Fsp3) is 0.150. The number of aliphatic hydroxyl groups excluding tert-OH is 1. The highest BCUT2D eigenvalue weighted by Crippen LogP contribution is 2.33. The lowest BCUT2D eigenvalue weighted by Crippen LogP contribution is -2.27. The predicted octanol–water partition coefficient (Wildman–Crippen LogP) is 1.89. The zero-order chi connectivity index (χ0) is 19.8. The molecule has 0 spiro atoms. The summed E-state index contributed by atoms with van der Waals surface area (Å²) in [5, 5.41) is 21.6. The molecule has 2 heterocycles. The number of rotatable bonds is 4. The topological polar surface area (TPSA) is 126 Å². The van der Waals surface area contributed by atoms with Gasteiger partial charge in [-0.15, -0.1) is 0 Å². The highest BCUT2D eigenvalue weighted by Gasteiger charge is 2.25. The van der Waals surface area contributed by atoms with E-state index in [4.69, 9.17) is 10.8 Å². The number of aromatic hydroxyl groups is 1. The van der Waals surface area contributed by atoms with Crippen molar-refractivity contribution in [3.05, 3.63) is 53.6 Å². The Labute approximate surface area is 160 Å². The molecule has 0 aliphatic rings. The number of carbonyl (C=O) groups excluding carboxylic acids is 1. The Hall–Kier alpha value is -3.65. The Morgan fingerprint density at radius 3 is 2.61 bits per heavy atom. The molecule has 5 N–H and O–H groups in total. The lowest BCUT2D eigenvalue weighted by molar-refractivity contribution is 0.0947. The van der Waals surface area contributed by atoms with Crippen LogP contribution in [0.4, 0.5) is 5.82 Å². The normalized spacial score (nSPS) is 11.2. The number of nitrogens with one attached hydrogen (secondary N) is 1. The molecule has 0 fully saturated rings. The van der Waals surface area contributed by atoms with Gasteiger partial charge in [-0.2, -0.15) is 0 Å². The largest absolute Gasteiger partial charge is 0.508 e. The number of amides is 1. The third kappa shape index (κ3) is 2.80. The van der Waals surface area contributed by atoms with Gasteiger partial charge in [0, 0.05) is 12.6 Å². The lowest BCUT2D eigenvalue weighted by atomic mass is 10.2. The van der Waals surface area contributed by atoms with Crippen LogP contribution in [0.5, 0.6) is 5.75 Å². The molecule has 0 aliphatic carbocycles. The summed E-state index contributed by atoms with van der Waals surface area (Å²) in [6, 6.07) is 12.2. The van der Waals surface area contributed by atoms with Crippen molar-refractivity contribution in [2.24, 2.45) is 0 Å². The van der Waals surface area contributed by atoms with E-state index in [1.165, 1.54) is 0 Å². The van der Waals surface area contributed by atoms with Crippen molar-refractivity contribution in [2.45, 2.75) is 6.92 Å². The molecule has 0 unspecified atom stereocenters. The molecule has 2 aromatic heterocycles. The molecule has 2 aromatic carbocycles. The summed E-state index contributed by atoms with van der Waals surface area (Å²) < 4.78 is 1.62. The zero-order valence-electron chi connectivity index (χ0n) is 15.2. The van der Waals surface area contributed by atoms with Crippen LogP contribution in [0, 0.1) is 6.92 Å². The van der Waals surface area contributed by atoms with Gasteiger partial charge >= 0.3 is 0 Å². The van der Waals surface area contributed by atoms with E-state index in [-0.39, 0.29) is 30.3 Å². The van der Waals surface area contributed by atoms with Gasteiger partial charge in [-0.3, -0.25) is 9.36 Å². The van der Waals surface area contributed by atoms with E-state index >= 15 is 0 Å². The van der Waals surface area contributed by atoms with E-state index in [0.717, 1.165) is 5.56 Å². The van der Waals surface area contributed by atoms with Gasteiger partial charge in [0.2, 0.25) is 0 Å². The van der Waals surface area contributed by atoms with E-state index < -0.39 is 5.91 Å². The van der Waals surface area contributed by atoms with Gasteiger partial charge in [0.1, 0.15) is 22.6 Å². The van der Waals surface area contributed by atoms with Crippen LogP contribution in [-0.2, 0) is 0 Å². The van der Waals surface area contributed by atoms with Gasteiger partial charge in [0.25, 0.3) is 5.91 Å². The number of benzene rings is 2. The summed E-state index contributed by atoms with van der Waals surface area (Å²) in [5.74, 6) is -0.214. The average molecular weight is 377 g/mol. The fourth-order valence-corrected chi connectivity index (χ4v) is 3.23. The SMILES string of the molecule is Cc1ccc(O)cc1-n1c(N)c(C(=O)NCCO)c2nc3ccccc3nc21. The molecule has 1 amide bonds. The number of aromatic nitrogens is 3. The first-order valence-corrected chi connectivity index (χ1v) is 8.77. The number of carbonyl (C=O) groups is 1. The van der Waals surface area contributed by atoms with Crippen LogP contribution in [-0.4, -0.2) is 43.8 Å². The first-order valence-electron chi connectivity index (χ1n) is 8.77. The number of para-hydroxylation sites is 2. The van der Waals surface area contributed by atoms with Crippen molar-refractivity contribution in [1.29, 1.82) is 0 Å². The summed E-state index contributed by atoms with van der Waals surface area (Å²) in [4.78, 5) is 22.0. The number of fused-ring (bicyclic) bond motifs is 2. The van der Waals surface area contributed by atoms with Gasteiger partial charge in [-0.1, -0.05) is 18.2 Å². The van der Waals surface area contributed by atoms with Crippen molar-refractivity contribution in [3.63, 3.8) is 0 Å². The second-order valence-corrected chi connectivity index (χ2v) is 6.43. The summed E-state index contributed by atoms with van der Waals surface area (Å²) in [7, 11) is 0. The zero-order valence-corrected chi connectivity index (χ0v) is 15.2. The van der Waals surface area contributed by atoms with Gasteiger partial charge < -0.3 is 21.3 Å². The van der Waals surface area contributed by atoms with E-state index in [1.54, 1.807) is 22.8 Å². The average Bonchev–Trinajstić information content (AvgIpc) is 2.97. The molecule has 0 bridgehead atoms. The maximum atomic E-state index is 12.7. The van der Waals surface area contributed by atoms with Gasteiger partial charge in [-0.05, 0) is 30.7 Å². The van der Waals surface area contributed by atoms with E-state index in [1.807, 2.05) is 31.2 Å². The number of anilines is 1. The Morgan fingerprint density at radius 2 is 1.89 bits per heavy atom. The van der Waals surface area contributed by atoms with Gasteiger partial charge in [0.15, 0.2) is 5.65 Å². The molecular formula is C20H19N5O3. The minimum atomic E-state index is -0.447. The first kappa shape index (κ1) is 17.7. The highest BCUT2D eigenvalue weighted by atomic mass is 16.3. The van der Waals surface area contributed by atoms with Crippen molar-refractivity contribution in [2.75, 3.05) is 18.9 Å². The smallest absolute Gasteiger partial charge is 0.257 e. The van der Waals surface area contributed by atoms with Crippen LogP contribution in [0.25, 0.3) is 27.9 Å². The fourth-order valence-electron chi connectivity index (χ4n) is 3.23. The Kier molecular flexibility index (Phi) is 4.32. The molecule has 4 rings (SSSR count). The summed E-state index contributed by atoms with van der Waals surface area (Å²) in [5.41, 5.74) is 10.1. The molecule has 0 radical (unpaired) electrons. The molecule has 0 atom stereocenters. The Morgan fingerprint density at radius 1 is 1.18 bits per heavy atom. The number of aryl methyl sites for hydroxylation is 1. The minimum absolute atomic E-state index is 0.0712. The Balaban J connectivity index is 2.08. The number of phenols is 1. The van der Waals surface area contributed by atoms with Crippen LogP contribution >= 0.6 is 0 Å². The second kappa shape index (κ2) is 6.82. The second-order valence-electron chi connectivity index (χ2n) is 6.43. The first-order chi connectivity index (χ1) is 13.5. The molecule has 0 aliphatic heterocycles. The molecule has 8 heteroatoms. The van der Waals surface area contributed by atoms with Gasteiger partial charge in [0.05, 0.1) is 23.3 Å². The van der Waals surface area contributed by atoms with Crippen LogP contribution in [0.1, 0.15) is 15.9 Å². The quantitative estimate of drug-likeness (QED) is 0.430. The number of nitrogen functional groups attached to an aromatic ring is 1. The third-order valence-corrected chi connectivity index (χ3v) is 4.56. The molecule has 8 nitrogen and oxygen atoms in total. The third-order valence-electron chi connectivity index (χ3n) is 4.56. The molecule has 0 saturated heterocycles. The van der Waals surface area contributed by atoms with E-state index in [2.05, 4.69) is 15.3 Å². The van der Waals surface area contributed by atoms with Crippen LogP contribution in [0.2, 0.25) is 0 Å². The van der Waals surface area contributed by atoms with Crippen LogP contribution in [0.15, 0.2) is 42.5 Å². The molecular weight excluding hydrogens is 358 g/mol. The number of hydrogen-bond acceptors (Lipinski definition) is 6. The molecule has 142 valence electrons. The standard InChI is InChI=1S/C20H19N5O3/c1-11-6-7-12(27)10-15(11)25-18(21)16(20(28)22-8-9-26)17-19(25)24-14-5-3-2-4-13(14)23-17/h2-7,10,26-27H,8-9,21H2,1H3,(H,22,28). The van der Waals surface area contributed by atoms with Gasteiger partial charge in [-0.25, -0.2) is 9.97 Å². The van der Waals surface area contributed by atoms with Crippen LogP contribution in [0.3, 0.4) is 0 Å². The minimum Gasteiger partial charge on any atom is -0.508 e. The maximum absolute atomic E-state index is 12.7. The highest BCUT2D eigenvalue weighted by molar-refractivity contribution is 6.11.